The smallest absolute Gasteiger partial charge is 0.412 e. The lowest BCUT2D eigenvalue weighted by Crippen LogP contribution is -2.46. The Hall–Kier alpha value is -3.28. The average molecular weight is 490 g/mol. The van der Waals surface area contributed by atoms with Crippen LogP contribution in [0.2, 0.25) is 0 Å². The van der Waals surface area contributed by atoms with Crippen LogP contribution in [0.3, 0.4) is 0 Å². The Kier molecular flexibility index (Phi) is 7.56. The van der Waals surface area contributed by atoms with Crippen LogP contribution in [-0.4, -0.2) is 70.1 Å². The number of fused-ring (bicyclic) bond motifs is 1. The summed E-state index contributed by atoms with van der Waals surface area (Å²) in [5.74, 6) is 1.98. The minimum atomic E-state index is -0.580. The van der Waals surface area contributed by atoms with Crippen LogP contribution >= 0.6 is 12.2 Å². The van der Waals surface area contributed by atoms with Crippen molar-refractivity contribution in [2.75, 3.05) is 45.2 Å². The number of ether oxygens (including phenoxy) is 6. The summed E-state index contributed by atoms with van der Waals surface area (Å²) in [6, 6.07) is 12.1. The lowest BCUT2D eigenvalue weighted by Gasteiger charge is -2.20. The maximum Gasteiger partial charge on any atom is 0.412 e. The van der Waals surface area contributed by atoms with Gasteiger partial charge in [0.15, 0.2) is 11.2 Å². The van der Waals surface area contributed by atoms with Gasteiger partial charge in [-0.1, -0.05) is 0 Å². The second kappa shape index (κ2) is 10.8. The predicted octanol–water partition coefficient (Wildman–Crippen LogP) is 2.78. The monoisotopic (exact) mass is 489 g/mol. The second-order valence-corrected chi connectivity index (χ2v) is 8.11. The van der Waals surface area contributed by atoms with E-state index in [4.69, 9.17) is 40.6 Å². The van der Waals surface area contributed by atoms with Gasteiger partial charge in [0, 0.05) is 29.6 Å². The molecule has 11 heteroatoms. The van der Waals surface area contributed by atoms with Crippen LogP contribution in [0, 0.1) is 0 Å². The molecule has 182 valence electrons. The van der Waals surface area contributed by atoms with Gasteiger partial charge in [-0.3, -0.25) is 5.32 Å². The van der Waals surface area contributed by atoms with Crippen LogP contribution in [0.25, 0.3) is 0 Å². The fourth-order valence-corrected chi connectivity index (χ4v) is 4.13. The highest BCUT2D eigenvalue weighted by Crippen LogP contribution is 2.30. The van der Waals surface area contributed by atoms with E-state index in [9.17, 15) is 4.79 Å². The number of hydrogen-bond donors (Lipinski definition) is 3. The molecule has 4 atom stereocenters. The molecule has 0 aromatic heterocycles. The van der Waals surface area contributed by atoms with Crippen LogP contribution in [0.4, 0.5) is 16.2 Å². The van der Waals surface area contributed by atoms with Gasteiger partial charge in [0.25, 0.3) is 0 Å². The summed E-state index contributed by atoms with van der Waals surface area (Å²) in [6.07, 6.45) is -1.81. The normalized spacial score (nSPS) is 22.9. The van der Waals surface area contributed by atoms with Crippen molar-refractivity contribution in [2.24, 2.45) is 0 Å². The van der Waals surface area contributed by atoms with E-state index in [0.29, 0.717) is 40.3 Å². The molecule has 10 nitrogen and oxygen atoms in total. The molecule has 2 aliphatic heterocycles. The van der Waals surface area contributed by atoms with Gasteiger partial charge in [0.05, 0.1) is 40.6 Å². The number of benzene rings is 2. The Bertz CT molecular complexity index is 998. The fraction of sp³-hybridized carbons (Fsp3) is 0.391. The van der Waals surface area contributed by atoms with Crippen LogP contribution < -0.4 is 30.2 Å². The minimum absolute atomic E-state index is 0.198. The topological polar surface area (TPSA) is 109 Å². The zero-order valence-corrected chi connectivity index (χ0v) is 19.8. The van der Waals surface area contributed by atoms with Gasteiger partial charge in [0.1, 0.15) is 29.5 Å². The number of methoxy groups -OCH3 is 3. The van der Waals surface area contributed by atoms with Gasteiger partial charge in [-0.05, 0) is 36.5 Å². The van der Waals surface area contributed by atoms with Crippen molar-refractivity contribution in [3.05, 3.63) is 42.5 Å². The van der Waals surface area contributed by atoms with Crippen LogP contribution in [0.5, 0.6) is 17.2 Å². The summed E-state index contributed by atoms with van der Waals surface area (Å²) >= 11 is 5.46. The number of thiocarbonyl (C=S) groups is 1. The number of amides is 1. The van der Waals surface area contributed by atoms with Crippen molar-refractivity contribution in [1.82, 2.24) is 5.32 Å². The second-order valence-electron chi connectivity index (χ2n) is 7.70. The van der Waals surface area contributed by atoms with Crippen molar-refractivity contribution >= 4 is 34.8 Å². The van der Waals surface area contributed by atoms with Gasteiger partial charge in [-0.15, -0.1) is 0 Å². The first-order valence-electron chi connectivity index (χ1n) is 10.6. The Balaban J connectivity index is 1.28. The Morgan fingerprint density at radius 2 is 1.50 bits per heavy atom. The molecule has 2 saturated heterocycles. The molecule has 2 aromatic rings. The van der Waals surface area contributed by atoms with Crippen LogP contribution in [0.1, 0.15) is 0 Å². The molecule has 2 heterocycles. The molecule has 34 heavy (non-hydrogen) atoms. The van der Waals surface area contributed by atoms with Crippen molar-refractivity contribution in [1.29, 1.82) is 0 Å². The molecule has 2 aliphatic rings. The first-order chi connectivity index (χ1) is 16.5. The third kappa shape index (κ3) is 5.61. The number of nitrogens with one attached hydrogen (secondary N) is 3. The molecular weight excluding hydrogens is 462 g/mol. The average Bonchev–Trinajstić information content (AvgIpc) is 3.42. The van der Waals surface area contributed by atoms with E-state index in [-0.39, 0.29) is 24.9 Å². The highest BCUT2D eigenvalue weighted by Gasteiger charge is 2.49. The Morgan fingerprint density at radius 1 is 0.853 bits per heavy atom. The largest absolute Gasteiger partial charge is 0.497 e. The maximum atomic E-state index is 12.3. The predicted molar refractivity (Wildman–Crippen MR) is 129 cm³/mol. The van der Waals surface area contributed by atoms with Crippen molar-refractivity contribution in [3.63, 3.8) is 0 Å². The van der Waals surface area contributed by atoms with Crippen molar-refractivity contribution in [3.8, 4) is 17.2 Å². The summed E-state index contributed by atoms with van der Waals surface area (Å²) in [7, 11) is 4.74. The van der Waals surface area contributed by atoms with E-state index in [2.05, 4.69) is 16.0 Å². The number of carbonyl (C=O) groups is 1. The fourth-order valence-electron chi connectivity index (χ4n) is 3.86. The highest BCUT2D eigenvalue weighted by atomic mass is 32.1. The molecule has 2 aromatic carbocycles. The summed E-state index contributed by atoms with van der Waals surface area (Å²) in [6.45, 7) is 0.593. The molecule has 0 saturated carbocycles. The first-order valence-corrected chi connectivity index (χ1v) is 11.1. The van der Waals surface area contributed by atoms with E-state index in [1.54, 1.807) is 51.7 Å². The summed E-state index contributed by atoms with van der Waals surface area (Å²) in [4.78, 5) is 12.3. The van der Waals surface area contributed by atoms with E-state index < -0.39 is 12.2 Å². The minimum Gasteiger partial charge on any atom is -0.497 e. The number of rotatable bonds is 7. The standard InChI is InChI=1S/C23H27N3O7S/c1-28-15-6-4-13(5-7-15)25-23(27)33-19-12-32-20-18(11-31-21(19)20)26-22(34)24-14-8-16(29-2)10-17(9-14)30-3/h4-10,18-21H,11-12H2,1-3H3,(H,25,27)(H2,24,26,34). The third-order valence-electron chi connectivity index (χ3n) is 5.53. The van der Waals surface area contributed by atoms with E-state index >= 15 is 0 Å². The van der Waals surface area contributed by atoms with Gasteiger partial charge in [-0.25, -0.2) is 4.79 Å². The molecule has 4 unspecified atom stereocenters. The molecule has 3 N–H and O–H groups in total. The Morgan fingerprint density at radius 3 is 2.15 bits per heavy atom. The lowest BCUT2D eigenvalue weighted by atomic mass is 10.1. The highest BCUT2D eigenvalue weighted by molar-refractivity contribution is 7.80. The van der Waals surface area contributed by atoms with Gasteiger partial charge in [-0.2, -0.15) is 0 Å². The van der Waals surface area contributed by atoms with E-state index in [1.807, 2.05) is 12.1 Å². The summed E-state index contributed by atoms with van der Waals surface area (Å²) in [5.41, 5.74) is 1.31. The zero-order chi connectivity index (χ0) is 24.1. The molecule has 4 rings (SSSR count). The molecular formula is C23H27N3O7S. The van der Waals surface area contributed by atoms with Crippen LogP contribution in [-0.2, 0) is 14.2 Å². The molecule has 2 fully saturated rings. The van der Waals surface area contributed by atoms with E-state index in [0.717, 1.165) is 0 Å². The molecule has 0 bridgehead atoms. The SMILES string of the molecule is COc1ccc(NC(=O)OC2COC3C(NC(=S)Nc4cc(OC)cc(OC)c4)COC23)cc1. The number of anilines is 2. The number of hydrogen-bond acceptors (Lipinski definition) is 8. The first kappa shape index (κ1) is 23.9. The quantitative estimate of drug-likeness (QED) is 0.503. The van der Waals surface area contributed by atoms with Crippen molar-refractivity contribution in [2.45, 2.75) is 24.4 Å². The molecule has 0 radical (unpaired) electrons. The van der Waals surface area contributed by atoms with Gasteiger partial charge < -0.3 is 39.1 Å². The summed E-state index contributed by atoms with van der Waals surface area (Å²) in [5, 5.41) is 9.43. The molecule has 1 amide bonds. The lowest BCUT2D eigenvalue weighted by molar-refractivity contribution is 0.00880. The van der Waals surface area contributed by atoms with E-state index in [1.165, 1.54) is 0 Å². The molecule has 0 spiro atoms. The zero-order valence-electron chi connectivity index (χ0n) is 19.0. The maximum absolute atomic E-state index is 12.3. The summed E-state index contributed by atoms with van der Waals surface area (Å²) < 4.78 is 33.0. The van der Waals surface area contributed by atoms with Crippen molar-refractivity contribution < 1.29 is 33.2 Å². The molecule has 0 aliphatic carbocycles. The number of carbonyl (C=O) groups excluding carboxylic acids is 1. The van der Waals surface area contributed by atoms with Gasteiger partial charge >= 0.3 is 6.09 Å². The van der Waals surface area contributed by atoms with Crippen LogP contribution in [0.15, 0.2) is 42.5 Å². The Labute approximate surface area is 202 Å². The third-order valence-corrected chi connectivity index (χ3v) is 5.75. The van der Waals surface area contributed by atoms with Gasteiger partial charge in [0.2, 0.25) is 0 Å².